The molecule has 0 saturated carbocycles. The van der Waals surface area contributed by atoms with Gasteiger partial charge in [-0.2, -0.15) is 4.98 Å². The number of halogens is 2. The Kier molecular flexibility index (Phi) is 1.85. The van der Waals surface area contributed by atoms with E-state index in [2.05, 4.69) is 30.6 Å². The summed E-state index contributed by atoms with van der Waals surface area (Å²) in [7, 11) is 0. The third-order valence-corrected chi connectivity index (χ3v) is 1.11. The highest BCUT2D eigenvalue weighted by molar-refractivity contribution is 9.10. The second kappa shape index (κ2) is 2.46. The van der Waals surface area contributed by atoms with E-state index in [4.69, 9.17) is 11.6 Å². The van der Waals surface area contributed by atoms with Gasteiger partial charge in [-0.05, 0) is 21.1 Å². The molecule has 0 spiro atoms. The van der Waals surface area contributed by atoms with E-state index in [1.54, 1.807) is 0 Å². The van der Waals surface area contributed by atoms with Crippen LogP contribution >= 0.6 is 27.5 Å². The van der Waals surface area contributed by atoms with E-state index in [0.29, 0.717) is 10.6 Å². The molecule has 0 N–H and O–H groups in total. The van der Waals surface area contributed by atoms with E-state index >= 15 is 0 Å². The number of hydrogen-bond donors (Lipinski definition) is 0. The van der Waals surface area contributed by atoms with Crippen LogP contribution in [0.25, 0.3) is 0 Å². The molecule has 0 bridgehead atoms. The smallest absolute Gasteiger partial charge is 0.242 e. The van der Waals surface area contributed by atoms with Gasteiger partial charge in [-0.3, -0.25) is 0 Å². The average molecular weight is 197 g/mol. The quantitative estimate of drug-likeness (QED) is 0.642. The Morgan fingerprint density at radius 3 is 2.75 bits per heavy atom. The summed E-state index contributed by atoms with van der Waals surface area (Å²) in [4.78, 5) is 3.74. The highest BCUT2D eigenvalue weighted by atomic mass is 79.9. The van der Waals surface area contributed by atoms with Crippen LogP contribution in [0.1, 0.15) is 5.89 Å². The van der Waals surface area contributed by atoms with Gasteiger partial charge in [-0.15, -0.1) is 11.6 Å². The van der Waals surface area contributed by atoms with E-state index in [9.17, 15) is 0 Å². The Morgan fingerprint density at radius 1 is 1.75 bits per heavy atom. The molecule has 0 saturated heterocycles. The van der Waals surface area contributed by atoms with Gasteiger partial charge < -0.3 is 4.52 Å². The van der Waals surface area contributed by atoms with E-state index in [0.717, 1.165) is 0 Å². The molecule has 3 nitrogen and oxygen atoms in total. The fourth-order valence-corrected chi connectivity index (χ4v) is 0.667. The van der Waals surface area contributed by atoms with E-state index in [1.807, 2.05) is 0 Å². The monoisotopic (exact) mass is 196 g/mol. The lowest BCUT2D eigenvalue weighted by Gasteiger charge is -1.72. The van der Waals surface area contributed by atoms with Gasteiger partial charge in [0, 0.05) is 0 Å². The molecular formula is C3H2BrClN2O. The van der Waals surface area contributed by atoms with Gasteiger partial charge in [-0.25, -0.2) is 0 Å². The standard InChI is InChI=1S/C3H2BrClN2O/c4-3-6-2(1-5)8-7-3/h1H2. The van der Waals surface area contributed by atoms with E-state index < -0.39 is 0 Å². The summed E-state index contributed by atoms with van der Waals surface area (Å²) in [5.74, 6) is 0.692. The van der Waals surface area contributed by atoms with Crippen molar-refractivity contribution in [3.8, 4) is 0 Å². The van der Waals surface area contributed by atoms with E-state index in [-0.39, 0.29) is 5.88 Å². The lowest BCUT2D eigenvalue weighted by Crippen LogP contribution is -1.72. The van der Waals surface area contributed by atoms with Crippen LogP contribution < -0.4 is 0 Å². The van der Waals surface area contributed by atoms with Gasteiger partial charge in [0.2, 0.25) is 10.6 Å². The lowest BCUT2D eigenvalue weighted by atomic mass is 10.8. The van der Waals surface area contributed by atoms with Crippen LogP contribution in [0.3, 0.4) is 0 Å². The zero-order valence-corrected chi connectivity index (χ0v) is 6.11. The topological polar surface area (TPSA) is 38.9 Å². The molecule has 1 rings (SSSR count). The van der Waals surface area contributed by atoms with Gasteiger partial charge >= 0.3 is 0 Å². The fraction of sp³-hybridized carbons (Fsp3) is 0.333. The summed E-state index contributed by atoms with van der Waals surface area (Å²) in [6, 6.07) is 0. The van der Waals surface area contributed by atoms with Crippen molar-refractivity contribution in [3.63, 3.8) is 0 Å². The Hall–Kier alpha value is -0.0900. The number of hydrogen-bond acceptors (Lipinski definition) is 3. The molecule has 1 aromatic heterocycles. The maximum absolute atomic E-state index is 5.32. The SMILES string of the molecule is ClCc1nc(Br)no1. The summed E-state index contributed by atoms with van der Waals surface area (Å²) in [6.45, 7) is 0. The summed E-state index contributed by atoms with van der Waals surface area (Å²) in [6.07, 6.45) is 0. The van der Waals surface area contributed by atoms with Crippen molar-refractivity contribution in [2.45, 2.75) is 5.88 Å². The molecule has 0 radical (unpaired) electrons. The van der Waals surface area contributed by atoms with Gasteiger partial charge in [0.1, 0.15) is 5.88 Å². The van der Waals surface area contributed by atoms with Crippen LogP contribution in [0.2, 0.25) is 0 Å². The second-order valence-electron chi connectivity index (χ2n) is 1.09. The van der Waals surface area contributed by atoms with Crippen molar-refractivity contribution < 1.29 is 4.52 Å². The van der Waals surface area contributed by atoms with Crippen LogP contribution in [0.15, 0.2) is 9.26 Å². The van der Waals surface area contributed by atoms with Gasteiger partial charge in [0.25, 0.3) is 0 Å². The molecule has 0 amide bonds. The normalized spacial score (nSPS) is 9.75. The van der Waals surface area contributed by atoms with Gasteiger partial charge in [-0.1, -0.05) is 0 Å². The number of rotatable bonds is 1. The Labute approximate surface area is 59.2 Å². The van der Waals surface area contributed by atoms with Crippen LogP contribution in [0.5, 0.6) is 0 Å². The van der Waals surface area contributed by atoms with Crippen molar-refractivity contribution in [3.05, 3.63) is 10.6 Å². The molecule has 5 heteroatoms. The van der Waals surface area contributed by atoms with Crippen molar-refractivity contribution in [2.75, 3.05) is 0 Å². The molecule has 0 aromatic carbocycles. The molecule has 0 aliphatic rings. The maximum atomic E-state index is 5.32. The fourth-order valence-electron chi connectivity index (χ4n) is 0.288. The molecule has 44 valence electrons. The van der Waals surface area contributed by atoms with Crippen molar-refractivity contribution in [1.29, 1.82) is 0 Å². The molecule has 0 atom stereocenters. The van der Waals surface area contributed by atoms with E-state index in [1.165, 1.54) is 0 Å². The lowest BCUT2D eigenvalue weighted by molar-refractivity contribution is 0.386. The van der Waals surface area contributed by atoms with Gasteiger partial charge in [0.15, 0.2) is 0 Å². The first-order chi connectivity index (χ1) is 3.83. The minimum Gasteiger partial charge on any atom is -0.337 e. The average Bonchev–Trinajstić information content (AvgIpc) is 2.14. The Morgan fingerprint density at radius 2 is 2.50 bits per heavy atom. The number of aromatic nitrogens is 2. The molecule has 1 aromatic rings. The third-order valence-electron chi connectivity index (χ3n) is 0.558. The Bertz CT molecular complexity index is 178. The number of nitrogens with zero attached hydrogens (tertiary/aromatic N) is 2. The number of alkyl halides is 1. The van der Waals surface area contributed by atoms with Crippen molar-refractivity contribution in [2.24, 2.45) is 0 Å². The minimum atomic E-state index is 0.263. The summed E-state index contributed by atoms with van der Waals surface area (Å²) >= 11 is 8.32. The predicted molar refractivity (Wildman–Crippen MR) is 31.6 cm³/mol. The Balaban J connectivity index is 2.84. The van der Waals surface area contributed by atoms with Gasteiger partial charge in [0.05, 0.1) is 0 Å². The largest absolute Gasteiger partial charge is 0.337 e. The van der Waals surface area contributed by atoms with Crippen LogP contribution in [-0.2, 0) is 5.88 Å². The molecular weight excluding hydrogens is 195 g/mol. The summed E-state index contributed by atoms with van der Waals surface area (Å²) in [5.41, 5.74) is 0. The van der Waals surface area contributed by atoms with Crippen LogP contribution in [0, 0.1) is 0 Å². The van der Waals surface area contributed by atoms with Crippen LogP contribution in [-0.4, -0.2) is 10.1 Å². The van der Waals surface area contributed by atoms with Crippen LogP contribution in [0.4, 0.5) is 0 Å². The highest BCUT2D eigenvalue weighted by Gasteiger charge is 1.98. The zero-order valence-electron chi connectivity index (χ0n) is 3.77. The first kappa shape index (κ1) is 6.04. The summed E-state index contributed by atoms with van der Waals surface area (Å²) < 4.78 is 5.01. The van der Waals surface area contributed by atoms with Crippen molar-refractivity contribution in [1.82, 2.24) is 10.1 Å². The first-order valence-electron chi connectivity index (χ1n) is 1.87. The molecule has 0 aliphatic carbocycles. The second-order valence-corrected chi connectivity index (χ2v) is 2.07. The molecule has 1 heterocycles. The van der Waals surface area contributed by atoms with Crippen molar-refractivity contribution >= 4 is 27.5 Å². The third kappa shape index (κ3) is 1.20. The molecule has 0 fully saturated rings. The molecule has 0 unspecified atom stereocenters. The molecule has 8 heavy (non-hydrogen) atoms. The minimum absolute atomic E-state index is 0.263. The highest BCUT2D eigenvalue weighted by Crippen LogP contribution is 2.04. The zero-order chi connectivity index (χ0) is 5.98. The summed E-state index contributed by atoms with van der Waals surface area (Å²) in [5, 5.41) is 3.43. The predicted octanol–water partition coefficient (Wildman–Crippen LogP) is 1.57. The maximum Gasteiger partial charge on any atom is 0.242 e. The first-order valence-corrected chi connectivity index (χ1v) is 3.19. The molecule has 0 aliphatic heterocycles.